The molecule has 5 aromatic carbocycles. The lowest BCUT2D eigenvalue weighted by molar-refractivity contribution is 0.333. The Morgan fingerprint density at radius 2 is 0.704 bits per heavy atom. The van der Waals surface area contributed by atoms with Crippen LogP contribution in [0.4, 0.5) is 0 Å². The van der Waals surface area contributed by atoms with E-state index >= 15 is 0 Å². The van der Waals surface area contributed by atoms with Crippen molar-refractivity contribution in [2.75, 3.05) is 41.5 Å². The van der Waals surface area contributed by atoms with Gasteiger partial charge in [0, 0.05) is 31.0 Å². The highest BCUT2D eigenvalue weighted by Crippen LogP contribution is 2.56. The topological polar surface area (TPSA) is 40.2 Å². The van der Waals surface area contributed by atoms with Gasteiger partial charge in [0.1, 0.15) is 23.0 Å². The summed E-state index contributed by atoms with van der Waals surface area (Å²) in [5.41, 5.74) is 11.5. The predicted octanol–water partition coefficient (Wildman–Crippen LogP) is 9.01. The molecular weight excluding hydrogens is 704 g/mol. The molecule has 0 saturated carbocycles. The van der Waals surface area contributed by atoms with Crippen LogP contribution in [0, 0.1) is 55.4 Å². The molecule has 0 radical (unpaired) electrons. The van der Waals surface area contributed by atoms with Gasteiger partial charge in [-0.25, -0.2) is 0 Å². The van der Waals surface area contributed by atoms with Crippen molar-refractivity contribution in [2.45, 2.75) is 73.3 Å². The van der Waals surface area contributed by atoms with Gasteiger partial charge in [-0.2, -0.15) is 0 Å². The average Bonchev–Trinajstić information content (AvgIpc) is 3.50. The second-order valence-electron chi connectivity index (χ2n) is 15.0. The number of benzene rings is 5. The number of nitrogens with zero attached hydrogens (tertiary/aromatic N) is 1. The molecule has 0 aliphatic carbocycles. The molecule has 54 heavy (non-hydrogen) atoms. The Bertz CT molecular complexity index is 1790. The van der Waals surface area contributed by atoms with Crippen LogP contribution in [0.15, 0.2) is 78.9 Å². The van der Waals surface area contributed by atoms with Crippen molar-refractivity contribution in [3.8, 4) is 23.0 Å². The fourth-order valence-corrected chi connectivity index (χ4v) is 16.2. The van der Waals surface area contributed by atoms with Gasteiger partial charge >= 0.3 is 0 Å². The molecule has 0 spiro atoms. The molecule has 1 heterocycles. The summed E-state index contributed by atoms with van der Waals surface area (Å²) in [6, 6.07) is 30.3. The van der Waals surface area contributed by atoms with E-state index in [0.29, 0.717) is 11.3 Å². The molecular formula is C47H57NO4P2. The molecule has 0 amide bonds. The van der Waals surface area contributed by atoms with Gasteiger partial charge < -0.3 is 18.9 Å². The molecule has 0 bridgehead atoms. The van der Waals surface area contributed by atoms with Crippen LogP contribution in [0.2, 0.25) is 0 Å². The third-order valence-corrected chi connectivity index (χ3v) is 16.8. The van der Waals surface area contributed by atoms with Crippen molar-refractivity contribution in [3.05, 3.63) is 129 Å². The van der Waals surface area contributed by atoms with Crippen molar-refractivity contribution in [1.29, 1.82) is 0 Å². The largest absolute Gasteiger partial charge is 0.496 e. The summed E-state index contributed by atoms with van der Waals surface area (Å²) in [4.78, 5) is 2.73. The van der Waals surface area contributed by atoms with Crippen LogP contribution in [-0.4, -0.2) is 57.7 Å². The number of methoxy groups -OCH3 is 4. The number of hydrogen-bond donors (Lipinski definition) is 0. The van der Waals surface area contributed by atoms with Crippen molar-refractivity contribution < 1.29 is 18.9 Å². The summed E-state index contributed by atoms with van der Waals surface area (Å²) >= 11 is 0. The van der Waals surface area contributed by atoms with Crippen LogP contribution >= 0.6 is 15.8 Å². The summed E-state index contributed by atoms with van der Waals surface area (Å²) in [5.74, 6) is 3.89. The van der Waals surface area contributed by atoms with Crippen LogP contribution in [0.5, 0.6) is 23.0 Å². The molecule has 284 valence electrons. The van der Waals surface area contributed by atoms with Crippen LogP contribution in [0.25, 0.3) is 0 Å². The monoisotopic (exact) mass is 761 g/mol. The van der Waals surface area contributed by atoms with Gasteiger partial charge in [-0.1, -0.05) is 30.3 Å². The van der Waals surface area contributed by atoms with Crippen LogP contribution in [0.3, 0.4) is 0 Å². The van der Waals surface area contributed by atoms with Crippen molar-refractivity contribution in [3.63, 3.8) is 0 Å². The number of aryl methyl sites for hydroxylation is 8. The third-order valence-electron chi connectivity index (χ3n) is 11.0. The molecule has 5 aromatic rings. The maximum Gasteiger partial charge on any atom is 0.124 e. The lowest BCUT2D eigenvalue weighted by atomic mass is 10.1. The fraction of sp³-hybridized carbons (Fsp3) is 0.362. The van der Waals surface area contributed by atoms with E-state index in [1.807, 2.05) is 0 Å². The molecule has 1 aliphatic heterocycles. The quantitative estimate of drug-likeness (QED) is 0.119. The first-order chi connectivity index (χ1) is 25.9. The number of rotatable bonds is 12. The maximum atomic E-state index is 5.92. The second kappa shape index (κ2) is 16.9. The number of ether oxygens (including phenoxy) is 4. The summed E-state index contributed by atoms with van der Waals surface area (Å²) in [7, 11) is 5.46. The van der Waals surface area contributed by atoms with Crippen LogP contribution < -0.4 is 40.2 Å². The van der Waals surface area contributed by atoms with Gasteiger partial charge in [-0.15, -0.1) is 0 Å². The lowest BCUT2D eigenvalue weighted by Gasteiger charge is -2.36. The normalized spacial score (nSPS) is 16.0. The van der Waals surface area contributed by atoms with Crippen molar-refractivity contribution in [1.82, 2.24) is 4.90 Å². The minimum atomic E-state index is -0.841. The van der Waals surface area contributed by atoms with E-state index in [1.54, 1.807) is 28.4 Å². The molecule has 5 nitrogen and oxygen atoms in total. The minimum Gasteiger partial charge on any atom is -0.496 e. The fourth-order valence-electron chi connectivity index (χ4n) is 8.94. The Hall–Kier alpha value is -3.88. The summed E-state index contributed by atoms with van der Waals surface area (Å²) in [6.07, 6.45) is 0. The first kappa shape index (κ1) is 39.8. The molecule has 1 saturated heterocycles. The van der Waals surface area contributed by atoms with E-state index in [-0.39, 0.29) is 0 Å². The zero-order valence-electron chi connectivity index (χ0n) is 34.3. The van der Waals surface area contributed by atoms with Gasteiger partial charge in [0.2, 0.25) is 0 Å². The summed E-state index contributed by atoms with van der Waals surface area (Å²) in [5, 5.41) is 5.61. The molecule has 0 unspecified atom stereocenters. The Morgan fingerprint density at radius 3 is 0.944 bits per heavy atom. The van der Waals surface area contributed by atoms with E-state index in [9.17, 15) is 0 Å². The minimum absolute atomic E-state index is 0.361. The Balaban J connectivity index is 1.63. The molecule has 6 rings (SSSR count). The Kier molecular flexibility index (Phi) is 12.4. The van der Waals surface area contributed by atoms with Crippen molar-refractivity contribution >= 4 is 37.1 Å². The zero-order valence-corrected chi connectivity index (χ0v) is 36.0. The average molecular weight is 762 g/mol. The third kappa shape index (κ3) is 7.92. The molecule has 0 aromatic heterocycles. The van der Waals surface area contributed by atoms with E-state index < -0.39 is 15.8 Å². The lowest BCUT2D eigenvalue weighted by Crippen LogP contribution is -2.35. The molecule has 1 aliphatic rings. The molecule has 0 N–H and O–H groups in total. The van der Waals surface area contributed by atoms with E-state index in [1.165, 1.54) is 71.3 Å². The SMILES string of the molecule is COc1c(C)cc(P(c2cc(C)c(OC)c(C)c2)[C@@H]2CN(Cc3ccccc3)C[C@H]2P(c2cc(C)c(OC)c(C)c2)c2cc(C)c(OC)c(C)c2)cc1C. The predicted molar refractivity (Wildman–Crippen MR) is 232 cm³/mol. The first-order valence-corrected chi connectivity index (χ1v) is 21.7. The van der Waals surface area contributed by atoms with Crippen molar-refractivity contribution in [2.24, 2.45) is 0 Å². The molecule has 2 atom stereocenters. The zero-order chi connectivity index (χ0) is 38.8. The highest BCUT2D eigenvalue weighted by molar-refractivity contribution is 7.77. The standard InChI is InChI=1S/C47H57NO4P2/c1-29-18-38(19-30(2)44(29)49-9)53(39-20-31(3)45(50-10)32(4)21-39)42-27-48(26-37-16-14-13-15-17-37)28-43(42)54(40-22-33(5)46(51-11)34(6)23-40)41-24-35(7)47(52-12)36(8)25-41/h13-25,42-43H,26-28H2,1-12H3/t42-,43-/m1/s1. The van der Waals surface area contributed by atoms with Crippen LogP contribution in [0.1, 0.15) is 50.1 Å². The second-order valence-corrected chi connectivity index (χ2v) is 19.9. The summed E-state index contributed by atoms with van der Waals surface area (Å²) < 4.78 is 23.7. The molecule has 7 heteroatoms. The number of likely N-dealkylation sites (tertiary alicyclic amines) is 1. The van der Waals surface area contributed by atoms with Gasteiger partial charge in [-0.05, 0) is 191 Å². The van der Waals surface area contributed by atoms with E-state index in [2.05, 4.69) is 139 Å². The van der Waals surface area contributed by atoms with Gasteiger partial charge in [-0.3, -0.25) is 4.90 Å². The summed E-state index contributed by atoms with van der Waals surface area (Å²) in [6.45, 7) is 20.5. The van der Waals surface area contributed by atoms with Crippen LogP contribution in [-0.2, 0) is 6.54 Å². The molecule has 1 fully saturated rings. The van der Waals surface area contributed by atoms with E-state index in [0.717, 1.165) is 42.6 Å². The Labute approximate surface area is 326 Å². The smallest absolute Gasteiger partial charge is 0.124 e. The van der Waals surface area contributed by atoms with Gasteiger partial charge in [0.25, 0.3) is 0 Å². The van der Waals surface area contributed by atoms with Gasteiger partial charge in [0.15, 0.2) is 0 Å². The highest BCUT2D eigenvalue weighted by Gasteiger charge is 2.44. The number of hydrogen-bond acceptors (Lipinski definition) is 5. The first-order valence-electron chi connectivity index (χ1n) is 18.8. The Morgan fingerprint density at radius 1 is 0.444 bits per heavy atom. The highest BCUT2D eigenvalue weighted by atomic mass is 31.1. The maximum absolute atomic E-state index is 5.92. The van der Waals surface area contributed by atoms with Gasteiger partial charge in [0.05, 0.1) is 28.4 Å². The van der Waals surface area contributed by atoms with E-state index in [4.69, 9.17) is 18.9 Å².